The largest absolute Gasteiger partial charge is 0.379 e. The third-order valence-corrected chi connectivity index (χ3v) is 2.42. The lowest BCUT2D eigenvalue weighted by Crippen LogP contribution is -2.31. The summed E-state index contributed by atoms with van der Waals surface area (Å²) in [6, 6.07) is 0. The van der Waals surface area contributed by atoms with Gasteiger partial charge < -0.3 is 5.73 Å². The first-order valence-electron chi connectivity index (χ1n) is 3.51. The number of nitrogens with two attached hydrogens (primary N) is 1. The van der Waals surface area contributed by atoms with Crippen molar-refractivity contribution < 1.29 is 0 Å². The molecule has 0 amide bonds. The van der Waals surface area contributed by atoms with Crippen LogP contribution in [0.5, 0.6) is 0 Å². The van der Waals surface area contributed by atoms with E-state index < -0.39 is 0 Å². The zero-order valence-electron chi connectivity index (χ0n) is 6.72. The van der Waals surface area contributed by atoms with Crippen molar-refractivity contribution in [1.82, 2.24) is 0 Å². The van der Waals surface area contributed by atoms with Crippen molar-refractivity contribution in [2.75, 3.05) is 0 Å². The Kier molecular flexibility index (Phi) is 1.95. The first-order chi connectivity index (χ1) is 4.49. The average Bonchev–Trinajstić information content (AvgIpc) is 1.54. The lowest BCUT2D eigenvalue weighted by atomic mass is 10.00. The Bertz CT molecular complexity index is 163. The number of hydrogen-bond acceptors (Lipinski definition) is 3. The zero-order valence-corrected chi connectivity index (χ0v) is 7.53. The maximum atomic E-state index is 5.61. The number of rotatable bonds is 0. The third kappa shape index (κ3) is 1.90. The number of aliphatic imine (C=N–C) groups is 1. The molecule has 0 fully saturated rings. The predicted molar refractivity (Wildman–Crippen MR) is 47.4 cm³/mol. The molecule has 0 bridgehead atoms. The molecular weight excluding hydrogens is 144 g/mol. The van der Waals surface area contributed by atoms with Gasteiger partial charge in [0.05, 0.1) is 5.54 Å². The molecule has 0 aromatic rings. The van der Waals surface area contributed by atoms with Crippen molar-refractivity contribution in [3.63, 3.8) is 0 Å². The van der Waals surface area contributed by atoms with Gasteiger partial charge in [0.2, 0.25) is 0 Å². The first kappa shape index (κ1) is 7.92. The second-order valence-electron chi connectivity index (χ2n) is 3.40. The molecule has 0 radical (unpaired) electrons. The van der Waals surface area contributed by atoms with Crippen LogP contribution in [0.4, 0.5) is 0 Å². The molecule has 1 atom stereocenters. The number of amidine groups is 1. The minimum absolute atomic E-state index is 0.0642. The molecule has 0 aliphatic carbocycles. The van der Waals surface area contributed by atoms with E-state index in [1.807, 2.05) is 0 Å². The molecule has 2 N–H and O–H groups in total. The van der Waals surface area contributed by atoms with Crippen LogP contribution in [0.1, 0.15) is 27.2 Å². The molecule has 1 rings (SSSR count). The molecule has 0 unspecified atom stereocenters. The summed E-state index contributed by atoms with van der Waals surface area (Å²) >= 11 is 1.67. The summed E-state index contributed by atoms with van der Waals surface area (Å²) in [6.07, 6.45) is 1.12. The summed E-state index contributed by atoms with van der Waals surface area (Å²) in [6.45, 7) is 6.43. The minimum Gasteiger partial charge on any atom is -0.379 e. The number of hydrogen-bond donors (Lipinski definition) is 1. The van der Waals surface area contributed by atoms with E-state index in [2.05, 4.69) is 25.8 Å². The molecule has 2 nitrogen and oxygen atoms in total. The smallest absolute Gasteiger partial charge is 0.154 e. The van der Waals surface area contributed by atoms with Crippen LogP contribution < -0.4 is 5.73 Å². The highest BCUT2D eigenvalue weighted by molar-refractivity contribution is 8.14. The predicted octanol–water partition coefficient (Wildman–Crippen LogP) is 1.61. The van der Waals surface area contributed by atoms with Gasteiger partial charge in [0, 0.05) is 5.25 Å². The van der Waals surface area contributed by atoms with Crippen molar-refractivity contribution in [3.8, 4) is 0 Å². The summed E-state index contributed by atoms with van der Waals surface area (Å²) < 4.78 is 0. The van der Waals surface area contributed by atoms with E-state index >= 15 is 0 Å². The van der Waals surface area contributed by atoms with Crippen LogP contribution in [0.25, 0.3) is 0 Å². The Labute approximate surface area is 66.3 Å². The molecule has 3 heteroatoms. The topological polar surface area (TPSA) is 38.4 Å². The van der Waals surface area contributed by atoms with Gasteiger partial charge in [0.1, 0.15) is 0 Å². The van der Waals surface area contributed by atoms with E-state index in [0.717, 1.165) is 11.6 Å². The van der Waals surface area contributed by atoms with Crippen LogP contribution in [0.3, 0.4) is 0 Å². The van der Waals surface area contributed by atoms with Crippen molar-refractivity contribution in [2.24, 2.45) is 10.7 Å². The van der Waals surface area contributed by atoms with Gasteiger partial charge in [-0.1, -0.05) is 18.7 Å². The number of nitrogens with zero attached hydrogens (tertiary/aromatic N) is 1. The van der Waals surface area contributed by atoms with Crippen LogP contribution in [0.2, 0.25) is 0 Å². The van der Waals surface area contributed by atoms with E-state index in [4.69, 9.17) is 5.73 Å². The van der Waals surface area contributed by atoms with Gasteiger partial charge in [-0.15, -0.1) is 0 Å². The summed E-state index contributed by atoms with van der Waals surface area (Å²) in [5.41, 5.74) is 5.68. The third-order valence-electron chi connectivity index (χ3n) is 1.52. The highest BCUT2D eigenvalue weighted by Gasteiger charge is 2.25. The molecule has 1 heterocycles. The van der Waals surface area contributed by atoms with Gasteiger partial charge in [0.15, 0.2) is 5.17 Å². The summed E-state index contributed by atoms with van der Waals surface area (Å²) in [5, 5.41) is 1.36. The van der Waals surface area contributed by atoms with Crippen molar-refractivity contribution >= 4 is 16.9 Å². The van der Waals surface area contributed by atoms with Gasteiger partial charge >= 0.3 is 0 Å². The van der Waals surface area contributed by atoms with E-state index in [0.29, 0.717) is 5.25 Å². The van der Waals surface area contributed by atoms with Gasteiger partial charge in [-0.05, 0) is 20.3 Å². The molecule has 1 aliphatic rings. The fourth-order valence-electron chi connectivity index (χ4n) is 1.32. The summed E-state index contributed by atoms with van der Waals surface area (Å²) in [4.78, 5) is 4.32. The van der Waals surface area contributed by atoms with Gasteiger partial charge in [-0.25, -0.2) is 0 Å². The van der Waals surface area contributed by atoms with Crippen LogP contribution in [0.15, 0.2) is 4.99 Å². The van der Waals surface area contributed by atoms with Crippen LogP contribution >= 0.6 is 11.8 Å². The molecule has 0 spiro atoms. The Morgan fingerprint density at radius 1 is 1.70 bits per heavy atom. The molecule has 0 aromatic heterocycles. The Morgan fingerprint density at radius 2 is 2.30 bits per heavy atom. The normalized spacial score (nSPS) is 31.5. The van der Waals surface area contributed by atoms with E-state index in [-0.39, 0.29) is 5.54 Å². The maximum absolute atomic E-state index is 5.61. The Morgan fingerprint density at radius 3 is 2.70 bits per heavy atom. The standard InChI is InChI=1S/C7H14N2S/c1-5-4-7(2,3)9-6(8)10-5/h5H,4H2,1-3H3,(H2,8,9)/t5-/m1/s1. The Balaban J connectivity index is 2.74. The molecule has 1 aliphatic heterocycles. The monoisotopic (exact) mass is 158 g/mol. The minimum atomic E-state index is 0.0642. The van der Waals surface area contributed by atoms with Gasteiger partial charge in [-0.3, -0.25) is 4.99 Å². The fraction of sp³-hybridized carbons (Fsp3) is 0.857. The van der Waals surface area contributed by atoms with Crippen molar-refractivity contribution in [2.45, 2.75) is 38.0 Å². The average molecular weight is 158 g/mol. The summed E-state index contributed by atoms with van der Waals surface area (Å²) in [7, 11) is 0. The molecule has 0 saturated carbocycles. The van der Waals surface area contributed by atoms with Crippen LogP contribution in [-0.2, 0) is 0 Å². The van der Waals surface area contributed by atoms with E-state index in [9.17, 15) is 0 Å². The zero-order chi connectivity index (χ0) is 7.78. The second kappa shape index (κ2) is 2.46. The molecule has 0 saturated heterocycles. The SMILES string of the molecule is C[C@@H]1CC(C)(C)N=C(N)S1. The van der Waals surface area contributed by atoms with Crippen molar-refractivity contribution in [1.29, 1.82) is 0 Å². The van der Waals surface area contributed by atoms with Gasteiger partial charge in [-0.2, -0.15) is 0 Å². The maximum Gasteiger partial charge on any atom is 0.154 e. The quantitative estimate of drug-likeness (QED) is 0.581. The highest BCUT2D eigenvalue weighted by atomic mass is 32.2. The second-order valence-corrected chi connectivity index (χ2v) is 4.85. The van der Waals surface area contributed by atoms with E-state index in [1.54, 1.807) is 11.8 Å². The molecular formula is C7H14N2S. The van der Waals surface area contributed by atoms with Crippen LogP contribution in [0, 0.1) is 0 Å². The first-order valence-corrected chi connectivity index (χ1v) is 4.39. The highest BCUT2D eigenvalue weighted by Crippen LogP contribution is 2.29. The molecule has 58 valence electrons. The van der Waals surface area contributed by atoms with Gasteiger partial charge in [0.25, 0.3) is 0 Å². The summed E-state index contributed by atoms with van der Waals surface area (Å²) in [5.74, 6) is 0. The lowest BCUT2D eigenvalue weighted by Gasteiger charge is -2.28. The number of thioether (sulfide) groups is 1. The van der Waals surface area contributed by atoms with Crippen molar-refractivity contribution in [3.05, 3.63) is 0 Å². The lowest BCUT2D eigenvalue weighted by molar-refractivity contribution is 0.476. The Hall–Kier alpha value is -0.180. The molecule has 10 heavy (non-hydrogen) atoms. The van der Waals surface area contributed by atoms with E-state index in [1.165, 1.54) is 0 Å². The fourth-order valence-corrected chi connectivity index (χ4v) is 2.52. The van der Waals surface area contributed by atoms with Crippen LogP contribution in [-0.4, -0.2) is 16.0 Å². The molecule has 0 aromatic carbocycles.